The molecule has 0 spiro atoms. The minimum absolute atomic E-state index is 0.278. The molecule has 10 heteroatoms. The second-order valence-corrected chi connectivity index (χ2v) is 6.66. The van der Waals surface area contributed by atoms with E-state index in [1.165, 1.54) is 0 Å². The quantitative estimate of drug-likeness (QED) is 0.267. The van der Waals surface area contributed by atoms with Gasteiger partial charge in [-0.15, -0.1) is 0 Å². The van der Waals surface area contributed by atoms with Crippen LogP contribution in [0.2, 0.25) is 0 Å². The van der Waals surface area contributed by atoms with Crippen LogP contribution in [0.15, 0.2) is 42.5 Å². The summed E-state index contributed by atoms with van der Waals surface area (Å²) in [6.45, 7) is 0.326. The largest absolute Gasteiger partial charge is 0.480 e. The molecule has 31 heavy (non-hydrogen) atoms. The third-order valence-corrected chi connectivity index (χ3v) is 4.05. The van der Waals surface area contributed by atoms with Crippen LogP contribution in [0.5, 0.6) is 0 Å². The van der Waals surface area contributed by atoms with Crippen LogP contribution < -0.4 is 22.9 Å². The standard InChI is InChI=1S/C13H13NO2.C6H14N2O2.C2H5NO2/c14-12(13(15)16)8-9-5-6-10-3-1-2-4-11(10)7-9;7-4-2-1-3-5(8)6(9)10;3-1-2(4)5/h1-7,12H,8,14H2,(H,15,16);5H,1-4,7-8H2,(H,9,10);1,3H2,(H,4,5)/t12-;5-;/m00./s1. The molecule has 0 aromatic heterocycles. The second kappa shape index (κ2) is 15.7. The molecule has 0 saturated heterocycles. The summed E-state index contributed by atoms with van der Waals surface area (Å²) < 4.78 is 0. The van der Waals surface area contributed by atoms with E-state index in [2.05, 4.69) is 5.73 Å². The number of aliphatic carboxylic acids is 3. The molecular weight excluding hydrogens is 404 g/mol. The molecule has 172 valence electrons. The molecular formula is C21H32N4O6. The Morgan fingerprint density at radius 2 is 1.35 bits per heavy atom. The molecule has 0 unspecified atom stereocenters. The summed E-state index contributed by atoms with van der Waals surface area (Å²) in [7, 11) is 0. The number of hydrogen-bond acceptors (Lipinski definition) is 7. The molecule has 0 heterocycles. The summed E-state index contributed by atoms with van der Waals surface area (Å²) >= 11 is 0. The van der Waals surface area contributed by atoms with Gasteiger partial charge in [-0.2, -0.15) is 0 Å². The Kier molecular flexibility index (Phi) is 14.2. The van der Waals surface area contributed by atoms with Gasteiger partial charge in [0.2, 0.25) is 0 Å². The number of fused-ring (bicyclic) bond motifs is 1. The normalized spacial score (nSPS) is 11.9. The average Bonchev–Trinajstić information content (AvgIpc) is 2.74. The highest BCUT2D eigenvalue weighted by molar-refractivity contribution is 5.83. The first-order chi connectivity index (χ1) is 14.6. The van der Waals surface area contributed by atoms with Gasteiger partial charge in [0.1, 0.15) is 12.1 Å². The van der Waals surface area contributed by atoms with E-state index in [4.69, 9.17) is 32.5 Å². The zero-order valence-electron chi connectivity index (χ0n) is 17.3. The number of rotatable bonds is 9. The van der Waals surface area contributed by atoms with Crippen molar-refractivity contribution in [2.24, 2.45) is 22.9 Å². The third-order valence-electron chi connectivity index (χ3n) is 4.05. The minimum atomic E-state index is -0.968. The van der Waals surface area contributed by atoms with E-state index in [-0.39, 0.29) is 6.54 Å². The van der Waals surface area contributed by atoms with Gasteiger partial charge in [0.05, 0.1) is 6.54 Å². The summed E-state index contributed by atoms with van der Waals surface area (Å²) in [5.74, 6) is -2.87. The predicted octanol–water partition coefficient (Wildman–Crippen LogP) is 0.351. The van der Waals surface area contributed by atoms with Gasteiger partial charge in [0.15, 0.2) is 0 Å². The van der Waals surface area contributed by atoms with Crippen molar-refractivity contribution < 1.29 is 29.7 Å². The fraction of sp³-hybridized carbons (Fsp3) is 0.381. The molecule has 10 nitrogen and oxygen atoms in total. The van der Waals surface area contributed by atoms with Crippen molar-refractivity contribution >= 4 is 28.7 Å². The molecule has 0 amide bonds. The number of carboxylic acid groups (broad SMARTS) is 3. The number of carbonyl (C=O) groups is 3. The first-order valence-corrected chi connectivity index (χ1v) is 9.68. The number of unbranched alkanes of at least 4 members (excludes halogenated alkanes) is 1. The molecule has 2 aromatic rings. The van der Waals surface area contributed by atoms with Gasteiger partial charge in [-0.25, -0.2) is 0 Å². The van der Waals surface area contributed by atoms with Crippen molar-refractivity contribution in [1.82, 2.24) is 0 Å². The Morgan fingerprint density at radius 3 is 1.84 bits per heavy atom. The van der Waals surface area contributed by atoms with Crippen LogP contribution in [0.1, 0.15) is 24.8 Å². The van der Waals surface area contributed by atoms with Gasteiger partial charge in [0, 0.05) is 0 Å². The topological polar surface area (TPSA) is 216 Å². The maximum absolute atomic E-state index is 10.6. The summed E-state index contributed by atoms with van der Waals surface area (Å²) in [5, 5.41) is 26.9. The van der Waals surface area contributed by atoms with Crippen LogP contribution in [0.3, 0.4) is 0 Å². The molecule has 0 aliphatic heterocycles. The van der Waals surface area contributed by atoms with Crippen LogP contribution in [0, 0.1) is 0 Å². The zero-order valence-corrected chi connectivity index (χ0v) is 17.3. The fourth-order valence-corrected chi connectivity index (χ4v) is 2.34. The van der Waals surface area contributed by atoms with Crippen LogP contribution in [-0.4, -0.2) is 58.4 Å². The highest BCUT2D eigenvalue weighted by atomic mass is 16.4. The molecule has 0 saturated carbocycles. The molecule has 0 bridgehead atoms. The van der Waals surface area contributed by atoms with Crippen LogP contribution in [0.25, 0.3) is 10.8 Å². The highest BCUT2D eigenvalue weighted by Crippen LogP contribution is 2.16. The lowest BCUT2D eigenvalue weighted by molar-refractivity contribution is -0.139. The first-order valence-electron chi connectivity index (χ1n) is 9.68. The van der Waals surface area contributed by atoms with E-state index in [1.54, 1.807) is 0 Å². The lowest BCUT2D eigenvalue weighted by Crippen LogP contribution is -2.32. The number of hydrogen-bond donors (Lipinski definition) is 7. The lowest BCUT2D eigenvalue weighted by Gasteiger charge is -2.07. The van der Waals surface area contributed by atoms with Gasteiger partial charge in [-0.3, -0.25) is 14.4 Å². The molecule has 2 atom stereocenters. The lowest BCUT2D eigenvalue weighted by atomic mass is 10.0. The van der Waals surface area contributed by atoms with Crippen molar-refractivity contribution in [2.45, 2.75) is 37.8 Å². The number of nitrogens with two attached hydrogens (primary N) is 4. The van der Waals surface area contributed by atoms with Crippen molar-refractivity contribution in [3.63, 3.8) is 0 Å². The Balaban J connectivity index is 0.000000515. The van der Waals surface area contributed by atoms with E-state index in [0.717, 1.165) is 29.2 Å². The summed E-state index contributed by atoms with van der Waals surface area (Å²) in [5.41, 5.74) is 21.4. The summed E-state index contributed by atoms with van der Waals surface area (Å²) in [4.78, 5) is 30.0. The van der Waals surface area contributed by atoms with Crippen LogP contribution in [-0.2, 0) is 20.8 Å². The van der Waals surface area contributed by atoms with E-state index >= 15 is 0 Å². The van der Waals surface area contributed by atoms with Gasteiger partial charge in [-0.05, 0) is 42.1 Å². The molecule has 0 fully saturated rings. The van der Waals surface area contributed by atoms with E-state index < -0.39 is 30.0 Å². The minimum Gasteiger partial charge on any atom is -0.480 e. The predicted molar refractivity (Wildman–Crippen MR) is 118 cm³/mol. The van der Waals surface area contributed by atoms with Crippen LogP contribution in [0.4, 0.5) is 0 Å². The Hall–Kier alpha value is -3.05. The van der Waals surface area contributed by atoms with E-state index in [9.17, 15) is 14.4 Å². The number of benzene rings is 2. The summed E-state index contributed by atoms with van der Waals surface area (Å²) in [6, 6.07) is 12.3. The Bertz CT molecular complexity index is 830. The fourth-order valence-electron chi connectivity index (χ4n) is 2.34. The zero-order chi connectivity index (χ0) is 23.8. The van der Waals surface area contributed by atoms with Crippen molar-refractivity contribution in [3.05, 3.63) is 48.0 Å². The second-order valence-electron chi connectivity index (χ2n) is 6.66. The maximum atomic E-state index is 10.6. The van der Waals surface area contributed by atoms with Crippen molar-refractivity contribution in [1.29, 1.82) is 0 Å². The Morgan fingerprint density at radius 1 is 0.806 bits per heavy atom. The highest BCUT2D eigenvalue weighted by Gasteiger charge is 2.12. The Labute approximate surface area is 180 Å². The van der Waals surface area contributed by atoms with Gasteiger partial charge in [0.25, 0.3) is 0 Å². The molecule has 0 aliphatic carbocycles. The van der Waals surface area contributed by atoms with Gasteiger partial charge >= 0.3 is 17.9 Å². The third kappa shape index (κ3) is 13.0. The van der Waals surface area contributed by atoms with Gasteiger partial charge in [-0.1, -0.05) is 48.9 Å². The molecule has 11 N–H and O–H groups in total. The number of carboxylic acids is 3. The van der Waals surface area contributed by atoms with Crippen molar-refractivity contribution in [3.8, 4) is 0 Å². The SMILES string of the molecule is NCC(=O)O.NCCCC[C@H](N)C(=O)O.N[C@@H](Cc1ccc2ccccc2c1)C(=O)O. The van der Waals surface area contributed by atoms with Crippen molar-refractivity contribution in [2.75, 3.05) is 13.1 Å². The molecule has 2 aromatic carbocycles. The average molecular weight is 437 g/mol. The maximum Gasteiger partial charge on any atom is 0.320 e. The van der Waals surface area contributed by atoms with E-state index in [0.29, 0.717) is 19.4 Å². The first kappa shape index (κ1) is 27.9. The molecule has 2 rings (SSSR count). The van der Waals surface area contributed by atoms with E-state index in [1.807, 2.05) is 42.5 Å². The van der Waals surface area contributed by atoms with Crippen LogP contribution >= 0.6 is 0 Å². The summed E-state index contributed by atoms with van der Waals surface area (Å²) in [6.07, 6.45) is 2.53. The monoisotopic (exact) mass is 436 g/mol. The molecule has 0 radical (unpaired) electrons. The van der Waals surface area contributed by atoms with Gasteiger partial charge < -0.3 is 38.3 Å². The smallest absolute Gasteiger partial charge is 0.320 e. The molecule has 0 aliphatic rings.